The average molecular weight is 303 g/mol. The van der Waals surface area contributed by atoms with Gasteiger partial charge < -0.3 is 18.8 Å². The van der Waals surface area contributed by atoms with Crippen LogP contribution in [0.25, 0.3) is 0 Å². The summed E-state index contributed by atoms with van der Waals surface area (Å²) in [4.78, 5) is 22.0. The number of furan rings is 1. The van der Waals surface area contributed by atoms with Gasteiger partial charge >= 0.3 is 6.01 Å². The minimum Gasteiger partial charge on any atom is -0.474 e. The van der Waals surface area contributed by atoms with Crippen molar-refractivity contribution in [1.29, 1.82) is 0 Å². The maximum atomic E-state index is 12.2. The van der Waals surface area contributed by atoms with Crippen molar-refractivity contribution >= 4 is 5.91 Å². The Balaban J connectivity index is 1.54. The fourth-order valence-electron chi connectivity index (χ4n) is 2.39. The largest absolute Gasteiger partial charge is 0.474 e. The summed E-state index contributed by atoms with van der Waals surface area (Å²) in [5.41, 5.74) is 0. The molecular formula is C15H17N3O4. The van der Waals surface area contributed by atoms with Gasteiger partial charge in [0.25, 0.3) is 5.91 Å². The predicted octanol–water partition coefficient (Wildman–Crippen LogP) is 1.76. The summed E-state index contributed by atoms with van der Waals surface area (Å²) in [6.07, 6.45) is 4.63. The fraction of sp³-hybridized carbons (Fsp3) is 0.400. The summed E-state index contributed by atoms with van der Waals surface area (Å²) >= 11 is 0. The molecule has 0 unspecified atom stereocenters. The van der Waals surface area contributed by atoms with Crippen LogP contribution in [0.2, 0.25) is 0 Å². The molecule has 0 aliphatic carbocycles. The molecule has 3 heterocycles. The predicted molar refractivity (Wildman–Crippen MR) is 76.8 cm³/mol. The van der Waals surface area contributed by atoms with Crippen molar-refractivity contribution in [2.24, 2.45) is 0 Å². The van der Waals surface area contributed by atoms with Crippen molar-refractivity contribution in [3.05, 3.63) is 36.4 Å². The normalized spacial score (nSPS) is 15.6. The van der Waals surface area contributed by atoms with Gasteiger partial charge in [-0.2, -0.15) is 4.98 Å². The number of rotatable bonds is 4. The molecule has 7 heteroatoms. The van der Waals surface area contributed by atoms with Gasteiger partial charge in [0.1, 0.15) is 6.10 Å². The molecule has 0 N–H and O–H groups in total. The quantitative estimate of drug-likeness (QED) is 0.856. The Morgan fingerprint density at radius 1 is 1.36 bits per heavy atom. The Morgan fingerprint density at radius 3 is 2.86 bits per heavy atom. The second-order valence-electron chi connectivity index (χ2n) is 4.97. The number of piperidine rings is 1. The van der Waals surface area contributed by atoms with E-state index < -0.39 is 0 Å². The molecule has 1 aliphatic rings. The Bertz CT molecular complexity index is 621. The van der Waals surface area contributed by atoms with Gasteiger partial charge in [-0.25, -0.2) is 4.98 Å². The van der Waals surface area contributed by atoms with Crippen LogP contribution < -0.4 is 9.47 Å². The lowest BCUT2D eigenvalue weighted by molar-refractivity contribution is 0.0558. The minimum atomic E-state index is -0.0767. The van der Waals surface area contributed by atoms with E-state index in [1.807, 2.05) is 0 Å². The van der Waals surface area contributed by atoms with E-state index in [-0.39, 0.29) is 18.0 Å². The fourth-order valence-corrected chi connectivity index (χ4v) is 2.39. The van der Waals surface area contributed by atoms with Crippen molar-refractivity contribution < 1.29 is 18.7 Å². The minimum absolute atomic E-state index is 0.0280. The molecule has 3 rings (SSSR count). The maximum Gasteiger partial charge on any atom is 0.319 e. The number of amides is 1. The smallest absolute Gasteiger partial charge is 0.319 e. The lowest BCUT2D eigenvalue weighted by Gasteiger charge is -2.31. The molecule has 1 amide bonds. The SMILES string of the molecule is COc1nccc(OC2CCN(C(=O)c3ccco3)CC2)n1. The number of aromatic nitrogens is 2. The van der Waals surface area contributed by atoms with Gasteiger partial charge in [-0.15, -0.1) is 0 Å². The van der Waals surface area contributed by atoms with Crippen LogP contribution in [0.3, 0.4) is 0 Å². The van der Waals surface area contributed by atoms with Crippen molar-refractivity contribution in [3.8, 4) is 11.9 Å². The molecule has 2 aromatic rings. The van der Waals surface area contributed by atoms with Gasteiger partial charge in [0, 0.05) is 38.2 Å². The molecule has 1 aliphatic heterocycles. The van der Waals surface area contributed by atoms with Gasteiger partial charge in [0.2, 0.25) is 5.88 Å². The Morgan fingerprint density at radius 2 is 2.18 bits per heavy atom. The molecule has 0 radical (unpaired) electrons. The number of carbonyl (C=O) groups excluding carboxylic acids is 1. The highest BCUT2D eigenvalue weighted by Crippen LogP contribution is 2.19. The van der Waals surface area contributed by atoms with Gasteiger partial charge in [-0.1, -0.05) is 0 Å². The van der Waals surface area contributed by atoms with Gasteiger partial charge in [-0.3, -0.25) is 4.79 Å². The van der Waals surface area contributed by atoms with E-state index in [0.717, 1.165) is 12.8 Å². The molecule has 22 heavy (non-hydrogen) atoms. The highest BCUT2D eigenvalue weighted by molar-refractivity contribution is 5.91. The van der Waals surface area contributed by atoms with Crippen LogP contribution in [0.5, 0.6) is 11.9 Å². The van der Waals surface area contributed by atoms with Crippen molar-refractivity contribution in [2.45, 2.75) is 18.9 Å². The van der Waals surface area contributed by atoms with E-state index in [9.17, 15) is 4.79 Å². The highest BCUT2D eigenvalue weighted by atomic mass is 16.5. The molecule has 1 saturated heterocycles. The van der Waals surface area contributed by atoms with Crippen molar-refractivity contribution in [3.63, 3.8) is 0 Å². The van der Waals surface area contributed by atoms with E-state index in [0.29, 0.717) is 24.7 Å². The molecule has 7 nitrogen and oxygen atoms in total. The van der Waals surface area contributed by atoms with E-state index >= 15 is 0 Å². The molecular weight excluding hydrogens is 286 g/mol. The third-order valence-electron chi connectivity index (χ3n) is 3.54. The first kappa shape index (κ1) is 14.4. The number of methoxy groups -OCH3 is 1. The van der Waals surface area contributed by atoms with Crippen molar-refractivity contribution in [2.75, 3.05) is 20.2 Å². The Hall–Kier alpha value is -2.57. The van der Waals surface area contributed by atoms with E-state index in [1.165, 1.54) is 13.4 Å². The Labute approximate surface area is 127 Å². The summed E-state index contributed by atoms with van der Waals surface area (Å²) in [5.74, 6) is 0.787. The Kier molecular flexibility index (Phi) is 4.22. The van der Waals surface area contributed by atoms with Crippen LogP contribution in [0.15, 0.2) is 35.1 Å². The molecule has 0 aromatic carbocycles. The van der Waals surface area contributed by atoms with Crippen molar-refractivity contribution in [1.82, 2.24) is 14.9 Å². The molecule has 116 valence electrons. The maximum absolute atomic E-state index is 12.2. The zero-order valence-electron chi connectivity index (χ0n) is 12.3. The third-order valence-corrected chi connectivity index (χ3v) is 3.54. The number of hydrogen-bond donors (Lipinski definition) is 0. The summed E-state index contributed by atoms with van der Waals surface area (Å²) in [6.45, 7) is 1.26. The molecule has 0 atom stereocenters. The number of ether oxygens (including phenoxy) is 2. The first-order valence-electron chi connectivity index (χ1n) is 7.13. The lowest BCUT2D eigenvalue weighted by atomic mass is 10.1. The molecule has 1 fully saturated rings. The van der Waals surface area contributed by atoms with Gasteiger partial charge in [0.05, 0.1) is 13.4 Å². The van der Waals surface area contributed by atoms with E-state index in [1.54, 1.807) is 29.3 Å². The number of carbonyl (C=O) groups is 1. The summed E-state index contributed by atoms with van der Waals surface area (Å²) in [7, 11) is 1.51. The number of nitrogens with zero attached hydrogens (tertiary/aromatic N) is 3. The van der Waals surface area contributed by atoms with Crippen LogP contribution in [0.4, 0.5) is 0 Å². The molecule has 2 aromatic heterocycles. The third kappa shape index (κ3) is 3.19. The van der Waals surface area contributed by atoms with Crippen LogP contribution >= 0.6 is 0 Å². The first-order chi connectivity index (χ1) is 10.8. The number of hydrogen-bond acceptors (Lipinski definition) is 6. The average Bonchev–Trinajstić information content (AvgIpc) is 3.09. The topological polar surface area (TPSA) is 77.7 Å². The zero-order chi connectivity index (χ0) is 15.4. The van der Waals surface area contributed by atoms with Crippen LogP contribution in [0.1, 0.15) is 23.4 Å². The molecule has 0 spiro atoms. The van der Waals surface area contributed by atoms with Crippen LogP contribution in [-0.4, -0.2) is 47.1 Å². The van der Waals surface area contributed by atoms with Crippen LogP contribution in [0, 0.1) is 0 Å². The number of likely N-dealkylation sites (tertiary alicyclic amines) is 1. The molecule has 0 saturated carbocycles. The van der Waals surface area contributed by atoms with Gasteiger partial charge in [0.15, 0.2) is 5.76 Å². The van der Waals surface area contributed by atoms with Gasteiger partial charge in [-0.05, 0) is 12.1 Å². The first-order valence-corrected chi connectivity index (χ1v) is 7.13. The summed E-state index contributed by atoms with van der Waals surface area (Å²) in [5, 5.41) is 0. The summed E-state index contributed by atoms with van der Waals surface area (Å²) in [6, 6.07) is 5.37. The summed E-state index contributed by atoms with van der Waals surface area (Å²) < 4.78 is 15.9. The monoisotopic (exact) mass is 303 g/mol. The zero-order valence-corrected chi connectivity index (χ0v) is 12.3. The highest BCUT2D eigenvalue weighted by Gasteiger charge is 2.26. The lowest BCUT2D eigenvalue weighted by Crippen LogP contribution is -2.41. The molecule has 0 bridgehead atoms. The van der Waals surface area contributed by atoms with E-state index in [4.69, 9.17) is 13.9 Å². The van der Waals surface area contributed by atoms with E-state index in [2.05, 4.69) is 9.97 Å². The van der Waals surface area contributed by atoms with Crippen LogP contribution in [-0.2, 0) is 0 Å². The second kappa shape index (κ2) is 6.46. The second-order valence-corrected chi connectivity index (χ2v) is 4.97. The standard InChI is InChI=1S/C15H17N3O4/c1-20-15-16-7-4-13(17-15)22-11-5-8-18(9-6-11)14(19)12-3-2-10-21-12/h2-4,7,10-11H,5-6,8-9H2,1H3.